The second-order valence-corrected chi connectivity index (χ2v) is 4.57. The van der Waals surface area contributed by atoms with Crippen molar-refractivity contribution in [1.29, 1.82) is 0 Å². The topological polar surface area (TPSA) is 73.6 Å². The van der Waals surface area contributed by atoms with Crippen LogP contribution in [0.1, 0.15) is 0 Å². The van der Waals surface area contributed by atoms with E-state index in [4.69, 9.17) is 15.2 Å². The van der Waals surface area contributed by atoms with Crippen LogP contribution >= 0.6 is 15.9 Å². The van der Waals surface area contributed by atoms with Crippen LogP contribution in [-0.2, 0) is 9.53 Å². The summed E-state index contributed by atoms with van der Waals surface area (Å²) in [6.45, 7) is 1.00. The maximum absolute atomic E-state index is 11.4. The smallest absolute Gasteiger partial charge is 0.239 e. The molecular weight excluding hydrogens is 300 g/mol. The molecule has 6 heteroatoms. The van der Waals surface area contributed by atoms with E-state index in [1.165, 1.54) is 7.11 Å². The van der Waals surface area contributed by atoms with E-state index in [-0.39, 0.29) is 12.5 Å². The summed E-state index contributed by atoms with van der Waals surface area (Å²) in [5.41, 5.74) is 5.56. The molecule has 18 heavy (non-hydrogen) atoms. The molecule has 100 valence electrons. The minimum absolute atomic E-state index is 0.207. The lowest BCUT2D eigenvalue weighted by Gasteiger charge is -2.11. The molecule has 0 aliphatic heterocycles. The molecule has 1 unspecified atom stereocenters. The molecule has 0 aliphatic carbocycles. The monoisotopic (exact) mass is 316 g/mol. The first kappa shape index (κ1) is 14.9. The number of rotatable bonds is 7. The van der Waals surface area contributed by atoms with Gasteiger partial charge in [-0.1, -0.05) is 22.0 Å². The van der Waals surface area contributed by atoms with Gasteiger partial charge in [0.05, 0.1) is 13.2 Å². The predicted octanol–water partition coefficient (Wildman–Crippen LogP) is 0.918. The zero-order valence-corrected chi connectivity index (χ0v) is 11.8. The van der Waals surface area contributed by atoms with Crippen molar-refractivity contribution in [3.63, 3.8) is 0 Å². The van der Waals surface area contributed by atoms with E-state index in [0.717, 1.165) is 10.2 Å². The van der Waals surface area contributed by atoms with Gasteiger partial charge in [0, 0.05) is 11.6 Å². The van der Waals surface area contributed by atoms with Gasteiger partial charge in [0.25, 0.3) is 0 Å². The molecule has 1 rings (SSSR count). The van der Waals surface area contributed by atoms with Gasteiger partial charge in [0.1, 0.15) is 18.4 Å². The zero-order valence-electron chi connectivity index (χ0n) is 10.2. The number of ether oxygens (including phenoxy) is 2. The van der Waals surface area contributed by atoms with Crippen LogP contribution in [0.25, 0.3) is 0 Å². The van der Waals surface area contributed by atoms with Gasteiger partial charge in [0.2, 0.25) is 5.91 Å². The highest BCUT2D eigenvalue weighted by molar-refractivity contribution is 9.10. The standard InChI is InChI=1S/C12H17BrN2O3/c1-17-8-11(14)12(16)15-5-6-18-10-4-2-3-9(13)7-10/h2-4,7,11H,5-6,8,14H2,1H3,(H,15,16). The molecule has 0 spiro atoms. The summed E-state index contributed by atoms with van der Waals surface area (Å²) in [5.74, 6) is 0.509. The largest absolute Gasteiger partial charge is 0.492 e. The molecule has 0 saturated heterocycles. The summed E-state index contributed by atoms with van der Waals surface area (Å²) in [6, 6.07) is 6.87. The average molecular weight is 317 g/mol. The van der Waals surface area contributed by atoms with Crippen molar-refractivity contribution < 1.29 is 14.3 Å². The number of nitrogens with two attached hydrogens (primary N) is 1. The maximum Gasteiger partial charge on any atom is 0.239 e. The minimum atomic E-state index is -0.638. The summed E-state index contributed by atoms with van der Waals surface area (Å²) < 4.78 is 11.2. The Balaban J connectivity index is 2.21. The average Bonchev–Trinajstić information content (AvgIpc) is 2.35. The normalized spacial score (nSPS) is 11.9. The molecule has 1 aromatic carbocycles. The van der Waals surface area contributed by atoms with E-state index in [2.05, 4.69) is 21.2 Å². The second kappa shape index (κ2) is 8.07. The van der Waals surface area contributed by atoms with E-state index in [1.54, 1.807) is 0 Å². The molecule has 0 bridgehead atoms. The Morgan fingerprint density at radius 3 is 3.00 bits per heavy atom. The Bertz CT molecular complexity index is 387. The molecule has 0 heterocycles. The quantitative estimate of drug-likeness (QED) is 0.734. The SMILES string of the molecule is COCC(N)C(=O)NCCOc1cccc(Br)c1. The molecule has 5 nitrogen and oxygen atoms in total. The summed E-state index contributed by atoms with van der Waals surface area (Å²) in [6.07, 6.45) is 0. The minimum Gasteiger partial charge on any atom is -0.492 e. The molecule has 0 saturated carbocycles. The van der Waals surface area contributed by atoms with Gasteiger partial charge in [-0.2, -0.15) is 0 Å². The number of methoxy groups -OCH3 is 1. The van der Waals surface area contributed by atoms with Crippen LogP contribution in [0, 0.1) is 0 Å². The highest BCUT2D eigenvalue weighted by Crippen LogP contribution is 2.17. The van der Waals surface area contributed by atoms with Crippen LogP contribution < -0.4 is 15.8 Å². The molecule has 1 atom stereocenters. The molecule has 0 fully saturated rings. The van der Waals surface area contributed by atoms with Gasteiger partial charge in [-0.05, 0) is 18.2 Å². The molecule has 1 amide bonds. The van der Waals surface area contributed by atoms with Crippen molar-refractivity contribution in [3.05, 3.63) is 28.7 Å². The van der Waals surface area contributed by atoms with Crippen molar-refractivity contribution in [1.82, 2.24) is 5.32 Å². The lowest BCUT2D eigenvalue weighted by molar-refractivity contribution is -0.123. The van der Waals surface area contributed by atoms with Gasteiger partial charge in [-0.25, -0.2) is 0 Å². The van der Waals surface area contributed by atoms with Gasteiger partial charge < -0.3 is 20.5 Å². The Kier molecular flexibility index (Phi) is 6.70. The number of halogens is 1. The van der Waals surface area contributed by atoms with Crippen molar-refractivity contribution in [2.24, 2.45) is 5.73 Å². The lowest BCUT2D eigenvalue weighted by Crippen LogP contribution is -2.44. The van der Waals surface area contributed by atoms with Crippen LogP contribution in [0.2, 0.25) is 0 Å². The number of hydrogen-bond acceptors (Lipinski definition) is 4. The molecule has 0 aliphatic rings. The number of carbonyl (C=O) groups is 1. The summed E-state index contributed by atoms with van der Waals surface area (Å²) in [4.78, 5) is 11.4. The van der Waals surface area contributed by atoms with Gasteiger partial charge in [-0.3, -0.25) is 4.79 Å². The van der Waals surface area contributed by atoms with Gasteiger partial charge in [-0.15, -0.1) is 0 Å². The Morgan fingerprint density at radius 2 is 2.33 bits per heavy atom. The zero-order chi connectivity index (χ0) is 13.4. The fraction of sp³-hybridized carbons (Fsp3) is 0.417. The third-order valence-electron chi connectivity index (χ3n) is 2.15. The van der Waals surface area contributed by atoms with Crippen molar-refractivity contribution in [2.75, 3.05) is 26.9 Å². The molecule has 0 aromatic heterocycles. The van der Waals surface area contributed by atoms with E-state index in [1.807, 2.05) is 24.3 Å². The first-order chi connectivity index (χ1) is 8.63. The fourth-order valence-corrected chi connectivity index (χ4v) is 1.66. The number of nitrogens with one attached hydrogen (secondary N) is 1. The van der Waals surface area contributed by atoms with Crippen LogP contribution in [0.15, 0.2) is 28.7 Å². The predicted molar refractivity (Wildman–Crippen MR) is 72.5 cm³/mol. The third-order valence-corrected chi connectivity index (χ3v) is 2.64. The first-order valence-corrected chi connectivity index (χ1v) is 6.33. The van der Waals surface area contributed by atoms with Crippen LogP contribution in [0.4, 0.5) is 0 Å². The highest BCUT2D eigenvalue weighted by atomic mass is 79.9. The Labute approximate surface area is 115 Å². The third kappa shape index (κ3) is 5.48. The van der Waals surface area contributed by atoms with E-state index < -0.39 is 6.04 Å². The van der Waals surface area contributed by atoms with Crippen LogP contribution in [0.3, 0.4) is 0 Å². The molecular formula is C12H17BrN2O3. The molecule has 1 aromatic rings. The maximum atomic E-state index is 11.4. The number of benzene rings is 1. The lowest BCUT2D eigenvalue weighted by atomic mass is 10.3. The summed E-state index contributed by atoms with van der Waals surface area (Å²) in [7, 11) is 1.50. The van der Waals surface area contributed by atoms with Gasteiger partial charge >= 0.3 is 0 Å². The summed E-state index contributed by atoms with van der Waals surface area (Å²) >= 11 is 3.35. The molecule has 0 radical (unpaired) electrons. The number of carbonyl (C=O) groups excluding carboxylic acids is 1. The Hall–Kier alpha value is -1.11. The first-order valence-electron chi connectivity index (χ1n) is 5.54. The van der Waals surface area contributed by atoms with Crippen molar-refractivity contribution >= 4 is 21.8 Å². The highest BCUT2D eigenvalue weighted by Gasteiger charge is 2.11. The Morgan fingerprint density at radius 1 is 1.56 bits per heavy atom. The van der Waals surface area contributed by atoms with E-state index >= 15 is 0 Å². The second-order valence-electron chi connectivity index (χ2n) is 3.66. The van der Waals surface area contributed by atoms with Crippen molar-refractivity contribution in [2.45, 2.75) is 6.04 Å². The summed E-state index contributed by atoms with van der Waals surface area (Å²) in [5, 5.41) is 2.67. The number of amides is 1. The number of hydrogen-bond donors (Lipinski definition) is 2. The fourth-order valence-electron chi connectivity index (χ4n) is 1.29. The van der Waals surface area contributed by atoms with Gasteiger partial charge in [0.15, 0.2) is 0 Å². The van der Waals surface area contributed by atoms with Crippen molar-refractivity contribution in [3.8, 4) is 5.75 Å². The van der Waals surface area contributed by atoms with E-state index in [0.29, 0.717) is 13.2 Å². The van der Waals surface area contributed by atoms with E-state index in [9.17, 15) is 4.79 Å². The molecule has 3 N–H and O–H groups in total. The van der Waals surface area contributed by atoms with Crippen LogP contribution in [0.5, 0.6) is 5.75 Å². The van der Waals surface area contributed by atoms with Crippen LogP contribution in [-0.4, -0.2) is 38.8 Å².